The van der Waals surface area contributed by atoms with E-state index in [1.165, 1.54) is 0 Å². The zero-order valence-electron chi connectivity index (χ0n) is 12.5. The Hall–Kier alpha value is -2.62. The van der Waals surface area contributed by atoms with Gasteiger partial charge in [-0.1, -0.05) is 36.4 Å². The van der Waals surface area contributed by atoms with E-state index >= 15 is 0 Å². The second-order valence-corrected chi connectivity index (χ2v) is 5.75. The SMILES string of the molecule is Cn1cnc2c1CN(C(=O)c1cccc3ccccc13)CC2. The summed E-state index contributed by atoms with van der Waals surface area (Å²) in [6, 6.07) is 14.0. The van der Waals surface area contributed by atoms with Gasteiger partial charge in [0.25, 0.3) is 5.91 Å². The van der Waals surface area contributed by atoms with Crippen molar-refractivity contribution in [3.8, 4) is 0 Å². The van der Waals surface area contributed by atoms with Crippen LogP contribution in [0.15, 0.2) is 48.8 Å². The molecule has 0 saturated carbocycles. The number of carbonyl (C=O) groups is 1. The third-order valence-corrected chi connectivity index (χ3v) is 4.41. The van der Waals surface area contributed by atoms with E-state index in [-0.39, 0.29) is 5.91 Å². The first-order valence-electron chi connectivity index (χ1n) is 7.50. The number of carbonyl (C=O) groups excluding carboxylic acids is 1. The van der Waals surface area contributed by atoms with Gasteiger partial charge in [-0.25, -0.2) is 4.98 Å². The van der Waals surface area contributed by atoms with Crippen LogP contribution in [0.1, 0.15) is 21.7 Å². The number of imidazole rings is 1. The molecule has 0 spiro atoms. The topological polar surface area (TPSA) is 38.1 Å². The van der Waals surface area contributed by atoms with E-state index in [9.17, 15) is 4.79 Å². The molecule has 0 radical (unpaired) electrons. The fraction of sp³-hybridized carbons (Fsp3) is 0.222. The minimum atomic E-state index is 0.101. The molecule has 4 nitrogen and oxygen atoms in total. The van der Waals surface area contributed by atoms with E-state index < -0.39 is 0 Å². The van der Waals surface area contributed by atoms with E-state index in [4.69, 9.17) is 0 Å². The third kappa shape index (κ3) is 1.99. The van der Waals surface area contributed by atoms with Gasteiger partial charge in [-0.15, -0.1) is 0 Å². The lowest BCUT2D eigenvalue weighted by Crippen LogP contribution is -2.36. The minimum Gasteiger partial charge on any atom is -0.336 e. The molecule has 0 atom stereocenters. The highest BCUT2D eigenvalue weighted by molar-refractivity contribution is 6.07. The van der Waals surface area contributed by atoms with Crippen LogP contribution in [0.5, 0.6) is 0 Å². The summed E-state index contributed by atoms with van der Waals surface area (Å²) in [5.74, 6) is 0.101. The maximum atomic E-state index is 13.0. The van der Waals surface area contributed by atoms with Gasteiger partial charge in [0.2, 0.25) is 0 Å². The molecule has 0 N–H and O–H groups in total. The molecule has 1 aliphatic heterocycles. The number of rotatable bonds is 1. The second kappa shape index (κ2) is 4.98. The van der Waals surface area contributed by atoms with Crippen LogP contribution < -0.4 is 0 Å². The van der Waals surface area contributed by atoms with Crippen LogP contribution in [0.4, 0.5) is 0 Å². The first-order chi connectivity index (χ1) is 10.7. The standard InChI is InChI=1S/C18H17N3O/c1-20-12-19-16-9-10-21(11-17(16)20)18(22)15-8-4-6-13-5-2-3-7-14(13)15/h2-8,12H,9-11H2,1H3. The van der Waals surface area contributed by atoms with Gasteiger partial charge in [-0.3, -0.25) is 4.79 Å². The van der Waals surface area contributed by atoms with Gasteiger partial charge in [0.05, 0.1) is 24.3 Å². The Morgan fingerprint density at radius 1 is 1.14 bits per heavy atom. The Morgan fingerprint density at radius 3 is 2.86 bits per heavy atom. The average Bonchev–Trinajstić information content (AvgIpc) is 2.94. The molecule has 4 heteroatoms. The first kappa shape index (κ1) is 13.1. The number of hydrogen-bond donors (Lipinski definition) is 0. The fourth-order valence-corrected chi connectivity index (χ4v) is 3.17. The number of fused-ring (bicyclic) bond motifs is 2. The molecule has 110 valence electrons. The quantitative estimate of drug-likeness (QED) is 0.691. The van der Waals surface area contributed by atoms with Crippen LogP contribution in [-0.4, -0.2) is 26.9 Å². The maximum Gasteiger partial charge on any atom is 0.254 e. The van der Waals surface area contributed by atoms with Gasteiger partial charge in [0.1, 0.15) is 0 Å². The van der Waals surface area contributed by atoms with Crippen molar-refractivity contribution in [2.75, 3.05) is 6.54 Å². The molecule has 4 rings (SSSR count). The van der Waals surface area contributed by atoms with Crippen molar-refractivity contribution in [1.29, 1.82) is 0 Å². The predicted octanol–water partition coefficient (Wildman–Crippen LogP) is 2.77. The molecule has 1 aliphatic rings. The number of hydrogen-bond acceptors (Lipinski definition) is 2. The number of nitrogens with zero attached hydrogens (tertiary/aromatic N) is 3. The van der Waals surface area contributed by atoms with Crippen LogP contribution in [0.2, 0.25) is 0 Å². The molecule has 22 heavy (non-hydrogen) atoms. The van der Waals surface area contributed by atoms with E-state index in [1.54, 1.807) is 0 Å². The monoisotopic (exact) mass is 291 g/mol. The van der Waals surface area contributed by atoms with Crippen molar-refractivity contribution in [2.24, 2.45) is 7.05 Å². The van der Waals surface area contributed by atoms with Crippen molar-refractivity contribution in [1.82, 2.24) is 14.5 Å². The van der Waals surface area contributed by atoms with Gasteiger partial charge >= 0.3 is 0 Å². The van der Waals surface area contributed by atoms with Gasteiger partial charge in [-0.05, 0) is 16.8 Å². The maximum absolute atomic E-state index is 13.0. The van der Waals surface area contributed by atoms with Gasteiger partial charge in [0, 0.05) is 25.6 Å². The highest BCUT2D eigenvalue weighted by Gasteiger charge is 2.25. The van der Waals surface area contributed by atoms with Crippen LogP contribution in [0.25, 0.3) is 10.8 Å². The zero-order valence-corrected chi connectivity index (χ0v) is 12.5. The molecule has 0 aliphatic carbocycles. The summed E-state index contributed by atoms with van der Waals surface area (Å²) >= 11 is 0. The van der Waals surface area contributed by atoms with Crippen molar-refractivity contribution >= 4 is 16.7 Å². The van der Waals surface area contributed by atoms with Crippen LogP contribution in [0, 0.1) is 0 Å². The summed E-state index contributed by atoms with van der Waals surface area (Å²) in [6.45, 7) is 1.36. The Kier molecular flexibility index (Phi) is 2.96. The number of benzene rings is 2. The summed E-state index contributed by atoms with van der Waals surface area (Å²) in [7, 11) is 1.98. The Balaban J connectivity index is 1.71. The molecule has 0 bridgehead atoms. The summed E-state index contributed by atoms with van der Waals surface area (Å²) in [5, 5.41) is 2.12. The lowest BCUT2D eigenvalue weighted by molar-refractivity contribution is 0.0732. The van der Waals surface area contributed by atoms with E-state index in [0.717, 1.165) is 40.7 Å². The summed E-state index contributed by atoms with van der Waals surface area (Å²) in [6.07, 6.45) is 2.66. The highest BCUT2D eigenvalue weighted by atomic mass is 16.2. The van der Waals surface area contributed by atoms with Crippen molar-refractivity contribution in [2.45, 2.75) is 13.0 Å². The Morgan fingerprint density at radius 2 is 1.95 bits per heavy atom. The molecular weight excluding hydrogens is 274 g/mol. The normalized spacial score (nSPS) is 14.1. The summed E-state index contributed by atoms with van der Waals surface area (Å²) in [4.78, 5) is 19.3. The molecule has 1 amide bonds. The average molecular weight is 291 g/mol. The van der Waals surface area contributed by atoms with E-state index in [2.05, 4.69) is 4.98 Å². The molecule has 0 saturated heterocycles. The van der Waals surface area contributed by atoms with Gasteiger partial charge < -0.3 is 9.47 Å². The predicted molar refractivity (Wildman–Crippen MR) is 85.6 cm³/mol. The van der Waals surface area contributed by atoms with Crippen molar-refractivity contribution < 1.29 is 4.79 Å². The highest BCUT2D eigenvalue weighted by Crippen LogP contribution is 2.23. The van der Waals surface area contributed by atoms with Crippen molar-refractivity contribution in [3.05, 3.63) is 65.7 Å². The van der Waals surface area contributed by atoms with Gasteiger partial charge in [-0.2, -0.15) is 0 Å². The van der Waals surface area contributed by atoms with Crippen LogP contribution in [-0.2, 0) is 20.0 Å². The number of amides is 1. The van der Waals surface area contributed by atoms with Crippen LogP contribution >= 0.6 is 0 Å². The zero-order chi connectivity index (χ0) is 15.1. The van der Waals surface area contributed by atoms with E-state index in [0.29, 0.717) is 6.54 Å². The lowest BCUT2D eigenvalue weighted by atomic mass is 10.0. The molecular formula is C18H17N3O. The van der Waals surface area contributed by atoms with Crippen molar-refractivity contribution in [3.63, 3.8) is 0 Å². The number of aromatic nitrogens is 2. The molecule has 0 unspecified atom stereocenters. The van der Waals surface area contributed by atoms with E-state index in [1.807, 2.05) is 65.3 Å². The molecule has 2 heterocycles. The lowest BCUT2D eigenvalue weighted by Gasteiger charge is -2.27. The second-order valence-electron chi connectivity index (χ2n) is 5.75. The smallest absolute Gasteiger partial charge is 0.254 e. The Labute approximate surface area is 129 Å². The molecule has 0 fully saturated rings. The number of aryl methyl sites for hydroxylation is 1. The summed E-state index contributed by atoms with van der Waals surface area (Å²) < 4.78 is 2.01. The van der Waals surface area contributed by atoms with Gasteiger partial charge in [0.15, 0.2) is 0 Å². The first-order valence-corrected chi connectivity index (χ1v) is 7.50. The summed E-state index contributed by atoms with van der Waals surface area (Å²) in [5.41, 5.74) is 3.04. The largest absolute Gasteiger partial charge is 0.336 e. The fourth-order valence-electron chi connectivity index (χ4n) is 3.17. The molecule has 2 aromatic carbocycles. The molecule has 3 aromatic rings. The van der Waals surface area contributed by atoms with Crippen LogP contribution in [0.3, 0.4) is 0 Å². The third-order valence-electron chi connectivity index (χ3n) is 4.41. The minimum absolute atomic E-state index is 0.101. The molecule has 1 aromatic heterocycles. The Bertz CT molecular complexity index is 860.